The second-order valence-electron chi connectivity index (χ2n) is 5.06. The lowest BCUT2D eigenvalue weighted by Gasteiger charge is -2.25. The van der Waals surface area contributed by atoms with E-state index in [-0.39, 0.29) is 0 Å². The third-order valence-electron chi connectivity index (χ3n) is 4.38. The molecule has 2 saturated carbocycles. The van der Waals surface area contributed by atoms with E-state index in [0.717, 1.165) is 23.2 Å². The van der Waals surface area contributed by atoms with Crippen molar-refractivity contribution in [1.29, 1.82) is 0 Å². The van der Waals surface area contributed by atoms with Crippen LogP contribution >= 0.6 is 0 Å². The lowest BCUT2D eigenvalue weighted by Crippen LogP contribution is -2.17. The van der Waals surface area contributed by atoms with Crippen molar-refractivity contribution in [2.24, 2.45) is 23.2 Å². The molecule has 2 fully saturated rings. The summed E-state index contributed by atoms with van der Waals surface area (Å²) in [5, 5.41) is 0. The molecular weight excluding hydrogens is 132 g/mol. The summed E-state index contributed by atoms with van der Waals surface area (Å²) in [5.74, 6) is 3.02. The Labute approximate surface area is 70.4 Å². The molecule has 2 aliphatic rings. The molecule has 0 saturated heterocycles. The number of hydrogen-bond donors (Lipinski definition) is 0. The van der Waals surface area contributed by atoms with Crippen LogP contribution in [-0.2, 0) is 0 Å². The van der Waals surface area contributed by atoms with Gasteiger partial charge in [0.1, 0.15) is 0 Å². The predicted molar refractivity (Wildman–Crippen MR) is 48.4 cm³/mol. The zero-order valence-electron chi connectivity index (χ0n) is 8.06. The van der Waals surface area contributed by atoms with Gasteiger partial charge in [0.05, 0.1) is 0 Å². The van der Waals surface area contributed by atoms with Gasteiger partial charge in [0.15, 0.2) is 0 Å². The zero-order valence-corrected chi connectivity index (χ0v) is 8.06. The zero-order chi connectivity index (χ0) is 8.06. The molecule has 0 aromatic rings. The highest BCUT2D eigenvalue weighted by Gasteiger charge is 2.59. The molecule has 0 nitrogen and oxygen atoms in total. The average molecular weight is 152 g/mol. The van der Waals surface area contributed by atoms with Crippen LogP contribution in [0.15, 0.2) is 0 Å². The summed E-state index contributed by atoms with van der Waals surface area (Å²) in [6.45, 7) is 7.23. The maximum atomic E-state index is 2.47. The fourth-order valence-electron chi connectivity index (χ4n) is 3.22. The van der Waals surface area contributed by atoms with Gasteiger partial charge in [0.25, 0.3) is 0 Å². The average Bonchev–Trinajstić information content (AvgIpc) is 2.54. The van der Waals surface area contributed by atoms with Gasteiger partial charge in [-0.05, 0) is 42.4 Å². The van der Waals surface area contributed by atoms with E-state index in [1.807, 2.05) is 0 Å². The van der Waals surface area contributed by atoms with Gasteiger partial charge < -0.3 is 0 Å². The van der Waals surface area contributed by atoms with Crippen LogP contribution in [0.4, 0.5) is 0 Å². The van der Waals surface area contributed by atoms with Crippen LogP contribution < -0.4 is 0 Å². The highest BCUT2D eigenvalue weighted by atomic mass is 14.6. The van der Waals surface area contributed by atoms with E-state index in [4.69, 9.17) is 0 Å². The molecule has 3 unspecified atom stereocenters. The molecule has 0 N–H and O–H groups in total. The van der Waals surface area contributed by atoms with E-state index < -0.39 is 0 Å². The molecule has 2 rings (SSSR count). The quantitative estimate of drug-likeness (QED) is 0.568. The van der Waals surface area contributed by atoms with Crippen molar-refractivity contribution >= 4 is 0 Å². The Morgan fingerprint density at radius 1 is 1.27 bits per heavy atom. The summed E-state index contributed by atoms with van der Waals surface area (Å²) in [6, 6.07) is 0. The third-order valence-corrected chi connectivity index (χ3v) is 4.38. The largest absolute Gasteiger partial charge is 0.0625 e. The first kappa shape index (κ1) is 7.64. The lowest BCUT2D eigenvalue weighted by molar-refractivity contribution is 0.243. The fourth-order valence-corrected chi connectivity index (χ4v) is 3.22. The normalized spacial score (nSPS) is 44.2. The van der Waals surface area contributed by atoms with E-state index in [1.165, 1.54) is 19.3 Å². The molecule has 0 heterocycles. The van der Waals surface area contributed by atoms with E-state index in [9.17, 15) is 0 Å². The van der Waals surface area contributed by atoms with Crippen LogP contribution in [-0.4, -0.2) is 0 Å². The van der Waals surface area contributed by atoms with E-state index in [2.05, 4.69) is 20.8 Å². The molecule has 0 heteroatoms. The topological polar surface area (TPSA) is 0 Å². The molecule has 0 aromatic heterocycles. The first-order valence-electron chi connectivity index (χ1n) is 5.17. The highest BCUT2D eigenvalue weighted by Crippen LogP contribution is 2.68. The van der Waals surface area contributed by atoms with Crippen LogP contribution in [0.2, 0.25) is 0 Å². The molecule has 0 radical (unpaired) electrons. The Balaban J connectivity index is 2.05. The maximum absolute atomic E-state index is 2.47. The second kappa shape index (κ2) is 2.24. The van der Waals surface area contributed by atoms with Crippen LogP contribution in [0.1, 0.15) is 46.5 Å². The van der Waals surface area contributed by atoms with Crippen LogP contribution in [0.3, 0.4) is 0 Å². The Hall–Kier alpha value is 0. The van der Waals surface area contributed by atoms with E-state index in [1.54, 1.807) is 6.42 Å². The molecule has 2 aliphatic carbocycles. The van der Waals surface area contributed by atoms with Crippen molar-refractivity contribution < 1.29 is 0 Å². The van der Waals surface area contributed by atoms with Crippen LogP contribution in [0.5, 0.6) is 0 Å². The first-order chi connectivity index (χ1) is 5.17. The number of fused-ring (bicyclic) bond motifs is 1. The van der Waals surface area contributed by atoms with E-state index >= 15 is 0 Å². The minimum atomic E-state index is 0.841. The van der Waals surface area contributed by atoms with Gasteiger partial charge in [-0.25, -0.2) is 0 Å². The Morgan fingerprint density at radius 2 is 2.00 bits per heavy atom. The monoisotopic (exact) mass is 152 g/mol. The van der Waals surface area contributed by atoms with Gasteiger partial charge in [-0.2, -0.15) is 0 Å². The van der Waals surface area contributed by atoms with Crippen molar-refractivity contribution in [3.8, 4) is 0 Å². The van der Waals surface area contributed by atoms with Crippen molar-refractivity contribution in [2.75, 3.05) is 0 Å². The van der Waals surface area contributed by atoms with Crippen LogP contribution in [0, 0.1) is 23.2 Å². The SMILES string of the molecule is CC(C)C(C)C12CCCC1C2. The van der Waals surface area contributed by atoms with Gasteiger partial charge in [0, 0.05) is 0 Å². The van der Waals surface area contributed by atoms with Gasteiger partial charge in [0.2, 0.25) is 0 Å². The van der Waals surface area contributed by atoms with Crippen LogP contribution in [0.25, 0.3) is 0 Å². The third kappa shape index (κ3) is 0.947. The summed E-state index contributed by atoms with van der Waals surface area (Å²) >= 11 is 0. The maximum Gasteiger partial charge on any atom is -0.0238 e. The minimum Gasteiger partial charge on any atom is -0.0625 e. The Morgan fingerprint density at radius 3 is 2.36 bits per heavy atom. The lowest BCUT2D eigenvalue weighted by atomic mass is 9.80. The smallest absolute Gasteiger partial charge is 0.0238 e. The second-order valence-corrected chi connectivity index (χ2v) is 5.06. The molecule has 0 aromatic carbocycles. The van der Waals surface area contributed by atoms with Crippen molar-refractivity contribution in [3.05, 3.63) is 0 Å². The summed E-state index contributed by atoms with van der Waals surface area (Å²) in [7, 11) is 0. The standard InChI is InChI=1S/C11H20/c1-8(2)9(3)11-6-4-5-10(11)7-11/h8-10H,4-7H2,1-3H3. The van der Waals surface area contributed by atoms with Gasteiger partial charge >= 0.3 is 0 Å². The van der Waals surface area contributed by atoms with Gasteiger partial charge in [-0.15, -0.1) is 0 Å². The Kier molecular flexibility index (Phi) is 1.56. The molecule has 0 aliphatic heterocycles. The highest BCUT2D eigenvalue weighted by molar-refractivity contribution is 5.09. The van der Waals surface area contributed by atoms with Gasteiger partial charge in [-0.3, -0.25) is 0 Å². The van der Waals surface area contributed by atoms with Crippen molar-refractivity contribution in [2.45, 2.75) is 46.5 Å². The molecule has 0 amide bonds. The number of hydrogen-bond acceptors (Lipinski definition) is 0. The molecular formula is C11H20. The summed E-state index contributed by atoms with van der Waals surface area (Å²) in [4.78, 5) is 0. The molecule has 11 heavy (non-hydrogen) atoms. The number of rotatable bonds is 2. The minimum absolute atomic E-state index is 0.841. The van der Waals surface area contributed by atoms with Crippen molar-refractivity contribution in [3.63, 3.8) is 0 Å². The van der Waals surface area contributed by atoms with E-state index in [0.29, 0.717) is 0 Å². The van der Waals surface area contributed by atoms with Crippen molar-refractivity contribution in [1.82, 2.24) is 0 Å². The first-order valence-corrected chi connectivity index (χ1v) is 5.17. The molecule has 0 bridgehead atoms. The molecule has 0 spiro atoms. The molecule has 64 valence electrons. The summed E-state index contributed by atoms with van der Waals surface area (Å²) in [5.41, 5.74) is 0.841. The van der Waals surface area contributed by atoms with Gasteiger partial charge in [-0.1, -0.05) is 27.2 Å². The summed E-state index contributed by atoms with van der Waals surface area (Å²) in [6.07, 6.45) is 6.15. The summed E-state index contributed by atoms with van der Waals surface area (Å²) < 4.78 is 0. The Bertz CT molecular complexity index is 159. The fraction of sp³-hybridized carbons (Fsp3) is 1.00. The predicted octanol–water partition coefficient (Wildman–Crippen LogP) is 3.47. The molecule has 3 atom stereocenters.